The summed E-state index contributed by atoms with van der Waals surface area (Å²) in [6.45, 7) is 1.85. The molecule has 0 unspecified atom stereocenters. The number of rotatable bonds is 3. The highest BCUT2D eigenvalue weighted by atomic mass is 16.5. The second-order valence-corrected chi connectivity index (χ2v) is 4.96. The number of aryl methyl sites for hydroxylation is 1. The number of methoxy groups -OCH3 is 1. The van der Waals surface area contributed by atoms with Crippen LogP contribution in [0, 0.1) is 6.92 Å². The molecule has 2 N–H and O–H groups in total. The Kier molecular flexibility index (Phi) is 2.48. The number of carboxylic acid groups (broad SMARTS) is 1. The molecule has 19 heavy (non-hydrogen) atoms. The van der Waals surface area contributed by atoms with Crippen LogP contribution in [0.3, 0.4) is 0 Å². The highest BCUT2D eigenvalue weighted by Crippen LogP contribution is 2.46. The molecule has 1 aliphatic carbocycles. The van der Waals surface area contributed by atoms with Gasteiger partial charge in [-0.2, -0.15) is 9.97 Å². The lowest BCUT2D eigenvalue weighted by Crippen LogP contribution is -2.42. The van der Waals surface area contributed by atoms with Crippen molar-refractivity contribution in [2.24, 2.45) is 0 Å². The summed E-state index contributed by atoms with van der Waals surface area (Å²) in [5.41, 5.74) is 2.14. The number of aromatic nitrogens is 3. The molecule has 1 aliphatic rings. The summed E-state index contributed by atoms with van der Waals surface area (Å²) in [7, 11) is 1.50. The molecule has 0 aliphatic heterocycles. The van der Waals surface area contributed by atoms with Crippen LogP contribution in [0.25, 0.3) is 11.0 Å². The lowest BCUT2D eigenvalue weighted by atomic mass is 9.65. The van der Waals surface area contributed by atoms with E-state index >= 15 is 0 Å². The van der Waals surface area contributed by atoms with Crippen molar-refractivity contribution in [3.8, 4) is 6.01 Å². The average molecular weight is 261 g/mol. The van der Waals surface area contributed by atoms with Crippen LogP contribution in [0.2, 0.25) is 0 Å². The number of aromatic amines is 1. The van der Waals surface area contributed by atoms with Crippen LogP contribution in [0.5, 0.6) is 6.01 Å². The molecule has 0 amide bonds. The molecule has 0 bridgehead atoms. The molecule has 3 rings (SSSR count). The molecule has 0 spiro atoms. The fraction of sp³-hybridized carbons (Fsp3) is 0.462. The summed E-state index contributed by atoms with van der Waals surface area (Å²) < 4.78 is 5.07. The molecule has 0 radical (unpaired) electrons. The van der Waals surface area contributed by atoms with Crippen LogP contribution in [0.1, 0.15) is 30.5 Å². The maximum absolute atomic E-state index is 11.6. The van der Waals surface area contributed by atoms with E-state index in [-0.39, 0.29) is 6.01 Å². The summed E-state index contributed by atoms with van der Waals surface area (Å²) in [6, 6.07) is 0.269. The van der Waals surface area contributed by atoms with Gasteiger partial charge >= 0.3 is 12.0 Å². The summed E-state index contributed by atoms with van der Waals surface area (Å²) in [6.07, 6.45) is 3.99. The van der Waals surface area contributed by atoms with Crippen LogP contribution >= 0.6 is 0 Å². The van der Waals surface area contributed by atoms with Crippen LogP contribution < -0.4 is 4.74 Å². The zero-order valence-corrected chi connectivity index (χ0v) is 10.9. The van der Waals surface area contributed by atoms with E-state index in [1.54, 1.807) is 6.20 Å². The summed E-state index contributed by atoms with van der Waals surface area (Å²) in [5, 5.41) is 9.52. The van der Waals surface area contributed by atoms with Crippen molar-refractivity contribution in [3.05, 3.63) is 17.5 Å². The topological polar surface area (TPSA) is 88.1 Å². The van der Waals surface area contributed by atoms with Gasteiger partial charge in [-0.3, -0.25) is 4.79 Å². The van der Waals surface area contributed by atoms with Gasteiger partial charge in [-0.1, -0.05) is 6.42 Å². The predicted molar refractivity (Wildman–Crippen MR) is 68.3 cm³/mol. The van der Waals surface area contributed by atoms with E-state index in [4.69, 9.17) is 4.74 Å². The van der Waals surface area contributed by atoms with Gasteiger partial charge in [0.25, 0.3) is 0 Å². The number of ether oxygens (including phenoxy) is 1. The van der Waals surface area contributed by atoms with Crippen LogP contribution in [0.4, 0.5) is 0 Å². The van der Waals surface area contributed by atoms with Crippen molar-refractivity contribution >= 4 is 17.0 Å². The molecule has 0 atom stereocenters. The van der Waals surface area contributed by atoms with Crippen molar-refractivity contribution in [1.82, 2.24) is 15.0 Å². The largest absolute Gasteiger partial charge is 0.481 e. The van der Waals surface area contributed by atoms with Gasteiger partial charge in [0.15, 0.2) is 0 Å². The van der Waals surface area contributed by atoms with E-state index in [0.717, 1.165) is 23.2 Å². The second-order valence-electron chi connectivity index (χ2n) is 4.96. The number of aliphatic carboxylic acids is 1. The molecular weight excluding hydrogens is 246 g/mol. The minimum Gasteiger partial charge on any atom is -0.481 e. The molecule has 2 aromatic rings. The Balaban J connectivity index is 2.25. The van der Waals surface area contributed by atoms with Crippen LogP contribution in [-0.2, 0) is 10.2 Å². The van der Waals surface area contributed by atoms with Crippen LogP contribution in [-0.4, -0.2) is 33.1 Å². The standard InChI is InChI=1S/C13H15N3O3/c1-7-9-10(16-12(15-7)19-2)8(6-14-9)13(11(17)18)4-3-5-13/h6,14H,3-5H2,1-2H3,(H,17,18). The number of H-pyrrole nitrogens is 1. The van der Waals surface area contributed by atoms with E-state index in [1.165, 1.54) is 7.11 Å². The third-order valence-corrected chi connectivity index (χ3v) is 4.00. The van der Waals surface area contributed by atoms with Crippen LogP contribution in [0.15, 0.2) is 6.20 Å². The molecule has 1 fully saturated rings. The van der Waals surface area contributed by atoms with Crippen molar-refractivity contribution < 1.29 is 14.6 Å². The lowest BCUT2D eigenvalue weighted by molar-refractivity contribution is -0.147. The third-order valence-electron chi connectivity index (χ3n) is 4.00. The molecule has 100 valence electrons. The highest BCUT2D eigenvalue weighted by Gasteiger charge is 2.47. The van der Waals surface area contributed by atoms with Crippen molar-refractivity contribution in [2.45, 2.75) is 31.6 Å². The summed E-state index contributed by atoms with van der Waals surface area (Å²) in [5.74, 6) is -0.783. The first-order valence-corrected chi connectivity index (χ1v) is 6.22. The Hall–Kier alpha value is -2.11. The molecule has 6 heteroatoms. The quantitative estimate of drug-likeness (QED) is 0.879. The number of hydrogen-bond donors (Lipinski definition) is 2. The fourth-order valence-corrected chi connectivity index (χ4v) is 2.71. The minimum absolute atomic E-state index is 0.269. The van der Waals surface area contributed by atoms with Gasteiger partial charge in [0.2, 0.25) is 0 Å². The number of carboxylic acids is 1. The number of carbonyl (C=O) groups is 1. The van der Waals surface area contributed by atoms with Crippen molar-refractivity contribution in [2.75, 3.05) is 7.11 Å². The van der Waals surface area contributed by atoms with Gasteiger partial charge in [0.1, 0.15) is 0 Å². The normalized spacial score (nSPS) is 17.2. The first kappa shape index (κ1) is 12.0. The van der Waals surface area contributed by atoms with Gasteiger partial charge in [-0.25, -0.2) is 0 Å². The fourth-order valence-electron chi connectivity index (χ4n) is 2.71. The average Bonchev–Trinajstić information content (AvgIpc) is 2.72. The van der Waals surface area contributed by atoms with Gasteiger partial charge in [-0.05, 0) is 19.8 Å². The minimum atomic E-state index is -0.802. The Morgan fingerprint density at radius 3 is 2.74 bits per heavy atom. The Morgan fingerprint density at radius 1 is 1.47 bits per heavy atom. The molecule has 0 saturated heterocycles. The second kappa shape index (κ2) is 3.94. The van der Waals surface area contributed by atoms with E-state index in [2.05, 4.69) is 15.0 Å². The predicted octanol–water partition coefficient (Wildman–Crippen LogP) is 1.78. The van der Waals surface area contributed by atoms with Crippen molar-refractivity contribution in [1.29, 1.82) is 0 Å². The monoisotopic (exact) mass is 261 g/mol. The van der Waals surface area contributed by atoms with E-state index in [1.807, 2.05) is 6.92 Å². The molecule has 1 saturated carbocycles. The number of fused-ring (bicyclic) bond motifs is 1. The molecule has 0 aromatic carbocycles. The van der Waals surface area contributed by atoms with E-state index in [0.29, 0.717) is 18.4 Å². The maximum atomic E-state index is 11.6. The van der Waals surface area contributed by atoms with Crippen molar-refractivity contribution in [3.63, 3.8) is 0 Å². The summed E-state index contributed by atoms with van der Waals surface area (Å²) >= 11 is 0. The Labute approximate surface area is 109 Å². The van der Waals surface area contributed by atoms with E-state index < -0.39 is 11.4 Å². The molecular formula is C13H15N3O3. The van der Waals surface area contributed by atoms with Gasteiger partial charge in [0.05, 0.1) is 29.3 Å². The number of nitrogens with zero attached hydrogens (tertiary/aromatic N) is 2. The lowest BCUT2D eigenvalue weighted by Gasteiger charge is -2.37. The first-order chi connectivity index (χ1) is 9.08. The highest BCUT2D eigenvalue weighted by molar-refractivity contribution is 5.91. The van der Waals surface area contributed by atoms with Gasteiger partial charge in [0, 0.05) is 11.8 Å². The molecule has 6 nitrogen and oxygen atoms in total. The zero-order chi connectivity index (χ0) is 13.6. The maximum Gasteiger partial charge on any atom is 0.317 e. The SMILES string of the molecule is COc1nc(C)c2[nH]cc(C3(C(=O)O)CCC3)c2n1. The van der Waals surface area contributed by atoms with E-state index in [9.17, 15) is 9.90 Å². The van der Waals surface area contributed by atoms with Gasteiger partial charge < -0.3 is 14.8 Å². The zero-order valence-electron chi connectivity index (χ0n) is 10.9. The first-order valence-electron chi connectivity index (χ1n) is 6.22. The smallest absolute Gasteiger partial charge is 0.317 e. The van der Waals surface area contributed by atoms with Gasteiger partial charge in [-0.15, -0.1) is 0 Å². The number of nitrogens with one attached hydrogen (secondary N) is 1. The Bertz CT molecular complexity index is 658. The molecule has 2 heterocycles. The summed E-state index contributed by atoms with van der Waals surface area (Å²) in [4.78, 5) is 23.2. The number of hydrogen-bond acceptors (Lipinski definition) is 4. The Morgan fingerprint density at radius 2 is 2.21 bits per heavy atom. The molecule has 2 aromatic heterocycles. The third kappa shape index (κ3) is 1.52.